The molecule has 0 fully saturated rings. The molecule has 3 nitrogen and oxygen atoms in total. The van der Waals surface area contributed by atoms with Gasteiger partial charge in [0.1, 0.15) is 0 Å². The van der Waals surface area contributed by atoms with Crippen LogP contribution in [0.15, 0.2) is 33.3 Å². The average molecular weight is 376 g/mol. The SMILES string of the molecule is Cc1cnc(NC(=O)c2ccc(Br)cc2Br)s1. The summed E-state index contributed by atoms with van der Waals surface area (Å²) >= 11 is 8.15. The first-order chi connectivity index (χ1) is 8.06. The molecule has 0 aliphatic heterocycles. The number of thiazole rings is 1. The number of hydrogen-bond acceptors (Lipinski definition) is 3. The molecular weight excluding hydrogens is 368 g/mol. The average Bonchev–Trinajstić information content (AvgIpc) is 2.63. The van der Waals surface area contributed by atoms with Crippen LogP contribution in [0.4, 0.5) is 5.13 Å². The minimum Gasteiger partial charge on any atom is -0.298 e. The molecule has 1 aromatic heterocycles. The van der Waals surface area contributed by atoms with Gasteiger partial charge in [0, 0.05) is 20.0 Å². The van der Waals surface area contributed by atoms with Gasteiger partial charge in [0.15, 0.2) is 5.13 Å². The second-order valence-electron chi connectivity index (χ2n) is 3.35. The Labute approximate surface area is 120 Å². The molecular formula is C11H8Br2N2OS. The van der Waals surface area contributed by atoms with Gasteiger partial charge in [-0.1, -0.05) is 15.9 Å². The molecule has 2 rings (SSSR count). The highest BCUT2D eigenvalue weighted by Gasteiger charge is 2.11. The van der Waals surface area contributed by atoms with Crippen molar-refractivity contribution in [1.82, 2.24) is 4.98 Å². The minimum absolute atomic E-state index is 0.168. The highest BCUT2D eigenvalue weighted by molar-refractivity contribution is 9.11. The van der Waals surface area contributed by atoms with E-state index < -0.39 is 0 Å². The van der Waals surface area contributed by atoms with Gasteiger partial charge in [0.25, 0.3) is 5.91 Å². The molecule has 6 heteroatoms. The maximum atomic E-state index is 12.0. The number of aryl methyl sites for hydroxylation is 1. The lowest BCUT2D eigenvalue weighted by molar-refractivity contribution is 0.102. The number of carbonyl (C=O) groups excluding carboxylic acids is 1. The Kier molecular flexibility index (Phi) is 3.96. The van der Waals surface area contributed by atoms with Gasteiger partial charge in [-0.2, -0.15) is 0 Å². The highest BCUT2D eigenvalue weighted by Crippen LogP contribution is 2.24. The van der Waals surface area contributed by atoms with Crippen LogP contribution in [0.1, 0.15) is 15.2 Å². The lowest BCUT2D eigenvalue weighted by atomic mass is 10.2. The van der Waals surface area contributed by atoms with E-state index in [1.54, 1.807) is 12.3 Å². The highest BCUT2D eigenvalue weighted by atomic mass is 79.9. The predicted octanol–water partition coefficient (Wildman–Crippen LogP) is 4.23. The van der Waals surface area contributed by atoms with E-state index in [0.29, 0.717) is 10.7 Å². The van der Waals surface area contributed by atoms with Crippen LogP contribution in [-0.4, -0.2) is 10.9 Å². The van der Waals surface area contributed by atoms with Crippen molar-refractivity contribution < 1.29 is 4.79 Å². The summed E-state index contributed by atoms with van der Waals surface area (Å²) in [5.74, 6) is -0.168. The minimum atomic E-state index is -0.168. The third-order valence-electron chi connectivity index (χ3n) is 2.02. The molecule has 0 aliphatic rings. The van der Waals surface area contributed by atoms with E-state index in [1.165, 1.54) is 11.3 Å². The Hall–Kier alpha value is -0.720. The number of aromatic nitrogens is 1. The van der Waals surface area contributed by atoms with E-state index in [1.807, 2.05) is 19.1 Å². The molecule has 0 radical (unpaired) electrons. The quantitative estimate of drug-likeness (QED) is 0.853. The van der Waals surface area contributed by atoms with E-state index in [9.17, 15) is 4.79 Å². The lowest BCUT2D eigenvalue weighted by Gasteiger charge is -2.04. The summed E-state index contributed by atoms with van der Waals surface area (Å²) < 4.78 is 1.67. The van der Waals surface area contributed by atoms with Crippen molar-refractivity contribution in [3.05, 3.63) is 43.8 Å². The van der Waals surface area contributed by atoms with Crippen molar-refractivity contribution in [2.24, 2.45) is 0 Å². The largest absolute Gasteiger partial charge is 0.298 e. The molecule has 1 amide bonds. The predicted molar refractivity (Wildman–Crippen MR) is 76.6 cm³/mol. The summed E-state index contributed by atoms with van der Waals surface area (Å²) in [6.45, 7) is 1.95. The van der Waals surface area contributed by atoms with Gasteiger partial charge in [-0.15, -0.1) is 11.3 Å². The van der Waals surface area contributed by atoms with Crippen LogP contribution in [0.2, 0.25) is 0 Å². The molecule has 0 unspecified atom stereocenters. The Balaban J connectivity index is 2.20. The zero-order valence-corrected chi connectivity index (χ0v) is 12.8. The summed E-state index contributed by atoms with van der Waals surface area (Å²) in [4.78, 5) is 17.1. The monoisotopic (exact) mass is 374 g/mol. The van der Waals surface area contributed by atoms with Gasteiger partial charge in [-0.05, 0) is 41.1 Å². The lowest BCUT2D eigenvalue weighted by Crippen LogP contribution is -2.12. The molecule has 1 N–H and O–H groups in total. The van der Waals surface area contributed by atoms with Gasteiger partial charge in [0.05, 0.1) is 5.56 Å². The number of nitrogens with zero attached hydrogens (tertiary/aromatic N) is 1. The van der Waals surface area contributed by atoms with Crippen LogP contribution in [-0.2, 0) is 0 Å². The van der Waals surface area contributed by atoms with Crippen LogP contribution in [0.25, 0.3) is 0 Å². The molecule has 0 bridgehead atoms. The van der Waals surface area contributed by atoms with Gasteiger partial charge in [0.2, 0.25) is 0 Å². The van der Waals surface area contributed by atoms with E-state index in [4.69, 9.17) is 0 Å². The van der Waals surface area contributed by atoms with Crippen molar-refractivity contribution in [2.45, 2.75) is 6.92 Å². The Morgan fingerprint density at radius 1 is 1.41 bits per heavy atom. The fourth-order valence-corrected chi connectivity index (χ4v) is 3.14. The zero-order chi connectivity index (χ0) is 12.4. The molecule has 0 aliphatic carbocycles. The van der Waals surface area contributed by atoms with Crippen LogP contribution in [0, 0.1) is 6.92 Å². The molecule has 1 heterocycles. The normalized spacial score (nSPS) is 10.3. The first-order valence-electron chi connectivity index (χ1n) is 4.75. The van der Waals surface area contributed by atoms with Crippen LogP contribution >= 0.6 is 43.2 Å². The molecule has 2 aromatic rings. The zero-order valence-electron chi connectivity index (χ0n) is 8.83. The standard InChI is InChI=1S/C11H8Br2N2OS/c1-6-5-14-11(17-6)15-10(16)8-3-2-7(12)4-9(8)13/h2-5H,1H3,(H,14,15,16). The van der Waals surface area contributed by atoms with E-state index >= 15 is 0 Å². The summed E-state index contributed by atoms with van der Waals surface area (Å²) in [5.41, 5.74) is 0.584. The van der Waals surface area contributed by atoms with Crippen molar-refractivity contribution in [1.29, 1.82) is 0 Å². The first kappa shape index (κ1) is 12.7. The summed E-state index contributed by atoms with van der Waals surface area (Å²) in [7, 11) is 0. The second kappa shape index (κ2) is 5.29. The van der Waals surface area contributed by atoms with Gasteiger partial charge < -0.3 is 0 Å². The van der Waals surface area contributed by atoms with Gasteiger partial charge in [-0.25, -0.2) is 4.98 Å². The molecule has 0 saturated carbocycles. The first-order valence-corrected chi connectivity index (χ1v) is 7.15. The van der Waals surface area contributed by atoms with Crippen molar-refractivity contribution in [3.63, 3.8) is 0 Å². The molecule has 17 heavy (non-hydrogen) atoms. The van der Waals surface area contributed by atoms with Gasteiger partial charge >= 0.3 is 0 Å². The molecule has 0 spiro atoms. The second-order valence-corrected chi connectivity index (χ2v) is 6.36. The molecule has 1 aromatic carbocycles. The van der Waals surface area contributed by atoms with E-state index in [-0.39, 0.29) is 5.91 Å². The summed E-state index contributed by atoms with van der Waals surface area (Å²) in [5, 5.41) is 3.38. The molecule has 0 saturated heterocycles. The fraction of sp³-hybridized carbons (Fsp3) is 0.0909. The number of anilines is 1. The third-order valence-corrected chi connectivity index (χ3v) is 4.00. The van der Waals surface area contributed by atoms with E-state index in [2.05, 4.69) is 42.2 Å². The topological polar surface area (TPSA) is 42.0 Å². The number of rotatable bonds is 2. The Bertz CT molecular complexity index is 568. The van der Waals surface area contributed by atoms with E-state index in [0.717, 1.165) is 13.8 Å². The Morgan fingerprint density at radius 3 is 2.76 bits per heavy atom. The van der Waals surface area contributed by atoms with Crippen molar-refractivity contribution in [2.75, 3.05) is 5.32 Å². The summed E-state index contributed by atoms with van der Waals surface area (Å²) in [6, 6.07) is 5.42. The van der Waals surface area contributed by atoms with Gasteiger partial charge in [-0.3, -0.25) is 10.1 Å². The number of amides is 1. The maximum Gasteiger partial charge on any atom is 0.258 e. The van der Waals surface area contributed by atoms with Crippen LogP contribution in [0.5, 0.6) is 0 Å². The van der Waals surface area contributed by atoms with Crippen molar-refractivity contribution in [3.8, 4) is 0 Å². The van der Waals surface area contributed by atoms with Crippen LogP contribution in [0.3, 0.4) is 0 Å². The number of benzene rings is 1. The van der Waals surface area contributed by atoms with Crippen molar-refractivity contribution >= 4 is 54.2 Å². The number of hydrogen-bond donors (Lipinski definition) is 1. The summed E-state index contributed by atoms with van der Waals surface area (Å²) in [6.07, 6.45) is 1.73. The molecule has 0 atom stereocenters. The maximum absolute atomic E-state index is 12.0. The number of carbonyl (C=O) groups is 1. The van der Waals surface area contributed by atoms with Crippen LogP contribution < -0.4 is 5.32 Å². The number of nitrogens with one attached hydrogen (secondary N) is 1. The Morgan fingerprint density at radius 2 is 2.18 bits per heavy atom. The number of halogens is 2. The smallest absolute Gasteiger partial charge is 0.258 e. The third kappa shape index (κ3) is 3.14. The molecule has 88 valence electrons. The fourth-order valence-electron chi connectivity index (χ4n) is 1.25.